The third-order valence-electron chi connectivity index (χ3n) is 3.42. The molecule has 1 amide bonds. The van der Waals surface area contributed by atoms with Gasteiger partial charge in [0.1, 0.15) is 5.69 Å². The third-order valence-corrected chi connectivity index (χ3v) is 3.42. The van der Waals surface area contributed by atoms with Crippen LogP contribution in [0.3, 0.4) is 0 Å². The van der Waals surface area contributed by atoms with Gasteiger partial charge in [-0.3, -0.25) is 4.79 Å². The zero-order valence-corrected chi connectivity index (χ0v) is 12.3. The van der Waals surface area contributed by atoms with Crippen molar-refractivity contribution in [2.75, 3.05) is 13.7 Å². The average Bonchev–Trinajstić information content (AvgIpc) is 2.92. The third kappa shape index (κ3) is 2.18. The second-order valence-corrected chi connectivity index (χ2v) is 4.75. The lowest BCUT2D eigenvalue weighted by Gasteiger charge is -2.05. The molecule has 0 aliphatic rings. The van der Waals surface area contributed by atoms with Gasteiger partial charge in [0.15, 0.2) is 5.69 Å². The average molecular weight is 297 g/mol. The predicted octanol–water partition coefficient (Wildman–Crippen LogP) is 2.25. The van der Waals surface area contributed by atoms with Gasteiger partial charge in [-0.1, -0.05) is 18.2 Å². The van der Waals surface area contributed by atoms with Crippen molar-refractivity contribution < 1.29 is 14.3 Å². The van der Waals surface area contributed by atoms with E-state index in [4.69, 9.17) is 4.74 Å². The first-order chi connectivity index (χ1) is 10.7. The van der Waals surface area contributed by atoms with Crippen LogP contribution in [0, 0.1) is 0 Å². The Bertz CT molecular complexity index is 883. The molecule has 0 saturated heterocycles. The number of carbonyl (C=O) groups is 2. The fraction of sp³-hybridized carbons (Fsp3) is 0.188. The molecule has 0 bridgehead atoms. The van der Waals surface area contributed by atoms with Gasteiger partial charge in [0, 0.05) is 23.3 Å². The number of rotatable bonds is 3. The number of nitrogens with zero attached hydrogens (tertiary/aromatic N) is 1. The largest absolute Gasteiger partial charge is 0.461 e. The number of hydrogen-bond acceptors (Lipinski definition) is 4. The number of nitrogens with one attached hydrogen (secondary N) is 2. The van der Waals surface area contributed by atoms with Gasteiger partial charge in [-0.15, -0.1) is 0 Å². The summed E-state index contributed by atoms with van der Waals surface area (Å²) in [6, 6.07) is 9.29. The van der Waals surface area contributed by atoms with Crippen molar-refractivity contribution in [1.29, 1.82) is 0 Å². The van der Waals surface area contributed by atoms with E-state index in [-0.39, 0.29) is 23.9 Å². The molecule has 2 N–H and O–H groups in total. The number of aromatic nitrogens is 2. The van der Waals surface area contributed by atoms with E-state index in [0.717, 1.165) is 16.3 Å². The smallest absolute Gasteiger partial charge is 0.356 e. The van der Waals surface area contributed by atoms with Crippen LogP contribution in [0.2, 0.25) is 0 Å². The first kappa shape index (κ1) is 14.1. The zero-order chi connectivity index (χ0) is 15.7. The van der Waals surface area contributed by atoms with E-state index in [0.29, 0.717) is 5.52 Å². The Hall–Kier alpha value is -2.89. The minimum atomic E-state index is -0.542. The molecule has 2 aromatic heterocycles. The molecule has 0 fully saturated rings. The van der Waals surface area contributed by atoms with Crippen LogP contribution < -0.4 is 5.32 Å². The molecule has 112 valence electrons. The summed E-state index contributed by atoms with van der Waals surface area (Å²) in [4.78, 5) is 31.4. The number of esters is 1. The minimum Gasteiger partial charge on any atom is -0.461 e. The predicted molar refractivity (Wildman–Crippen MR) is 82.9 cm³/mol. The lowest BCUT2D eigenvalue weighted by molar-refractivity contribution is 0.0519. The van der Waals surface area contributed by atoms with Crippen LogP contribution in [-0.4, -0.2) is 35.5 Å². The van der Waals surface area contributed by atoms with Crippen molar-refractivity contribution >= 4 is 33.7 Å². The molecule has 0 atom stereocenters. The molecular formula is C16H15N3O3. The second kappa shape index (κ2) is 5.48. The topological polar surface area (TPSA) is 84.1 Å². The van der Waals surface area contributed by atoms with Crippen LogP contribution >= 0.6 is 0 Å². The van der Waals surface area contributed by atoms with Crippen molar-refractivity contribution in [3.8, 4) is 0 Å². The summed E-state index contributed by atoms with van der Waals surface area (Å²) in [7, 11) is 1.52. The highest BCUT2D eigenvalue weighted by Gasteiger charge is 2.19. The summed E-state index contributed by atoms with van der Waals surface area (Å²) in [5.41, 5.74) is 1.79. The summed E-state index contributed by atoms with van der Waals surface area (Å²) in [6.45, 7) is 1.98. The van der Waals surface area contributed by atoms with E-state index in [1.54, 1.807) is 13.0 Å². The van der Waals surface area contributed by atoms with Crippen LogP contribution in [0.1, 0.15) is 27.9 Å². The van der Waals surface area contributed by atoms with E-state index in [2.05, 4.69) is 15.3 Å². The Balaban J connectivity index is 2.34. The highest BCUT2D eigenvalue weighted by atomic mass is 16.5. The summed E-state index contributed by atoms with van der Waals surface area (Å²) in [5.74, 6) is -0.900. The molecule has 0 radical (unpaired) electrons. The van der Waals surface area contributed by atoms with E-state index in [9.17, 15) is 9.59 Å². The van der Waals surface area contributed by atoms with Crippen molar-refractivity contribution in [3.05, 3.63) is 41.7 Å². The van der Waals surface area contributed by atoms with Crippen molar-refractivity contribution in [3.63, 3.8) is 0 Å². The number of hydrogen-bond donors (Lipinski definition) is 2. The number of ether oxygens (including phenoxy) is 1. The summed E-state index contributed by atoms with van der Waals surface area (Å²) in [6.07, 6.45) is 0. The van der Waals surface area contributed by atoms with Crippen LogP contribution in [0.5, 0.6) is 0 Å². The van der Waals surface area contributed by atoms with E-state index >= 15 is 0 Å². The van der Waals surface area contributed by atoms with Crippen LogP contribution in [0.4, 0.5) is 0 Å². The lowest BCUT2D eigenvalue weighted by atomic mass is 10.1. The number of carbonyl (C=O) groups excluding carboxylic acids is 2. The van der Waals surface area contributed by atoms with E-state index < -0.39 is 5.97 Å². The summed E-state index contributed by atoms with van der Waals surface area (Å²) >= 11 is 0. The minimum absolute atomic E-state index is 0.123. The Labute approximate surface area is 126 Å². The van der Waals surface area contributed by atoms with Gasteiger partial charge in [0.25, 0.3) is 5.91 Å². The van der Waals surface area contributed by atoms with Crippen molar-refractivity contribution in [2.45, 2.75) is 6.92 Å². The maximum absolute atomic E-state index is 12.1. The Morgan fingerprint density at radius 1 is 1.27 bits per heavy atom. The zero-order valence-electron chi connectivity index (χ0n) is 12.3. The van der Waals surface area contributed by atoms with Crippen molar-refractivity contribution in [1.82, 2.24) is 15.3 Å². The highest BCUT2D eigenvalue weighted by molar-refractivity contribution is 6.15. The molecular weight excluding hydrogens is 282 g/mol. The van der Waals surface area contributed by atoms with Crippen LogP contribution in [0.15, 0.2) is 30.3 Å². The molecule has 0 saturated carbocycles. The molecule has 6 nitrogen and oxygen atoms in total. The van der Waals surface area contributed by atoms with Crippen LogP contribution in [-0.2, 0) is 4.74 Å². The van der Waals surface area contributed by atoms with Crippen LogP contribution in [0.25, 0.3) is 21.8 Å². The Kier molecular flexibility index (Phi) is 3.50. The number of H-pyrrole nitrogens is 1. The van der Waals surface area contributed by atoms with Gasteiger partial charge in [-0.25, -0.2) is 9.78 Å². The number of amides is 1. The molecule has 22 heavy (non-hydrogen) atoms. The molecule has 0 aliphatic heterocycles. The van der Waals surface area contributed by atoms with Crippen molar-refractivity contribution in [2.24, 2.45) is 0 Å². The van der Waals surface area contributed by atoms with Gasteiger partial charge in [0.2, 0.25) is 0 Å². The Morgan fingerprint density at radius 3 is 2.77 bits per heavy atom. The molecule has 0 aliphatic carbocycles. The highest BCUT2D eigenvalue weighted by Crippen LogP contribution is 2.27. The maximum Gasteiger partial charge on any atom is 0.356 e. The first-order valence-corrected chi connectivity index (χ1v) is 6.96. The summed E-state index contributed by atoms with van der Waals surface area (Å²) in [5, 5.41) is 4.24. The molecule has 3 rings (SSSR count). The number of para-hydroxylation sites is 1. The van der Waals surface area contributed by atoms with Gasteiger partial charge >= 0.3 is 5.97 Å². The molecule has 0 spiro atoms. The van der Waals surface area contributed by atoms with Gasteiger partial charge in [-0.2, -0.15) is 0 Å². The number of pyridine rings is 1. The molecule has 6 heteroatoms. The number of fused-ring (bicyclic) bond motifs is 3. The number of benzene rings is 1. The quantitative estimate of drug-likeness (QED) is 0.726. The molecule has 1 aromatic carbocycles. The molecule has 0 unspecified atom stereocenters. The lowest BCUT2D eigenvalue weighted by Crippen LogP contribution is -2.21. The van der Waals surface area contributed by atoms with Gasteiger partial charge in [0.05, 0.1) is 12.1 Å². The van der Waals surface area contributed by atoms with Gasteiger partial charge in [-0.05, 0) is 19.1 Å². The first-order valence-electron chi connectivity index (χ1n) is 6.96. The fourth-order valence-electron chi connectivity index (χ4n) is 2.44. The maximum atomic E-state index is 12.1. The summed E-state index contributed by atoms with van der Waals surface area (Å²) < 4.78 is 4.99. The standard InChI is InChI=1S/C16H15N3O3/c1-3-22-16(21)12-8-10-9-6-4-5-7-11(9)18-13(10)14(19-12)15(20)17-2/h4-8,18H,3H2,1-2H3,(H,17,20). The Morgan fingerprint density at radius 2 is 2.05 bits per heavy atom. The monoisotopic (exact) mass is 297 g/mol. The van der Waals surface area contributed by atoms with Gasteiger partial charge < -0.3 is 15.0 Å². The number of aromatic amines is 1. The van der Waals surface area contributed by atoms with E-state index in [1.807, 2.05) is 24.3 Å². The fourth-order valence-corrected chi connectivity index (χ4v) is 2.44. The SMILES string of the molecule is CCOC(=O)c1cc2c([nH]c3ccccc32)c(C(=O)NC)n1. The molecule has 3 aromatic rings. The normalized spacial score (nSPS) is 10.8. The van der Waals surface area contributed by atoms with E-state index in [1.165, 1.54) is 7.05 Å². The second-order valence-electron chi connectivity index (χ2n) is 4.75. The molecule has 2 heterocycles.